The number of aliphatic hydroxyl groups excluding tert-OH is 1. The van der Waals surface area contributed by atoms with E-state index < -0.39 is 0 Å². The van der Waals surface area contributed by atoms with Crippen molar-refractivity contribution in [2.24, 2.45) is 5.41 Å². The van der Waals surface area contributed by atoms with Gasteiger partial charge in [-0.1, -0.05) is 25.2 Å². The van der Waals surface area contributed by atoms with Crippen LogP contribution in [0.25, 0.3) is 0 Å². The predicted octanol–water partition coefficient (Wildman–Crippen LogP) is 3.15. The first-order valence-electron chi connectivity index (χ1n) is 7.95. The number of aliphatic hydroxyl groups is 1. The van der Waals surface area contributed by atoms with E-state index in [0.717, 1.165) is 48.1 Å². The number of thiazole rings is 1. The summed E-state index contributed by atoms with van der Waals surface area (Å²) in [5.41, 5.74) is 1.23. The lowest BCUT2D eigenvalue weighted by Gasteiger charge is -2.31. The largest absolute Gasteiger partial charge is 0.387 e. The lowest BCUT2D eigenvalue weighted by atomic mass is 9.77. The summed E-state index contributed by atoms with van der Waals surface area (Å²) in [5, 5.41) is 11.4. The van der Waals surface area contributed by atoms with Crippen molar-refractivity contribution in [1.82, 2.24) is 4.98 Å². The van der Waals surface area contributed by atoms with Gasteiger partial charge in [-0.3, -0.25) is 0 Å². The van der Waals surface area contributed by atoms with Crippen molar-refractivity contribution < 1.29 is 9.84 Å². The zero-order valence-corrected chi connectivity index (χ0v) is 14.1. The van der Waals surface area contributed by atoms with Crippen LogP contribution in [0.2, 0.25) is 0 Å². The van der Waals surface area contributed by atoms with Gasteiger partial charge >= 0.3 is 0 Å². The quantitative estimate of drug-likeness (QED) is 0.931. The second kappa shape index (κ2) is 5.86. The van der Waals surface area contributed by atoms with E-state index in [1.165, 1.54) is 12.8 Å². The van der Waals surface area contributed by atoms with E-state index in [-0.39, 0.29) is 11.5 Å². The predicted molar refractivity (Wildman–Crippen MR) is 86.0 cm³/mol. The summed E-state index contributed by atoms with van der Waals surface area (Å²) in [4.78, 5) is 8.05. The third-order valence-corrected chi connectivity index (χ3v) is 5.80. The van der Waals surface area contributed by atoms with Crippen LogP contribution in [0.4, 0.5) is 5.13 Å². The Morgan fingerprint density at radius 3 is 2.95 bits per heavy atom. The molecule has 2 unspecified atom stereocenters. The number of nitrogens with zero attached hydrogens (tertiary/aromatic N) is 2. The molecule has 0 bridgehead atoms. The van der Waals surface area contributed by atoms with Crippen molar-refractivity contribution in [3.63, 3.8) is 0 Å². The molecule has 2 atom stereocenters. The highest BCUT2D eigenvalue weighted by molar-refractivity contribution is 7.15. The van der Waals surface area contributed by atoms with Gasteiger partial charge in [0.05, 0.1) is 22.8 Å². The summed E-state index contributed by atoms with van der Waals surface area (Å²) >= 11 is 1.65. The minimum Gasteiger partial charge on any atom is -0.387 e. The van der Waals surface area contributed by atoms with Crippen LogP contribution in [-0.2, 0) is 11.2 Å². The number of anilines is 1. The van der Waals surface area contributed by atoms with Crippen molar-refractivity contribution in [3.8, 4) is 0 Å². The number of aromatic nitrogens is 1. The molecular formula is C16H26N2O2S. The van der Waals surface area contributed by atoms with Crippen molar-refractivity contribution in [3.05, 3.63) is 10.6 Å². The van der Waals surface area contributed by atoms with Gasteiger partial charge in [-0.05, 0) is 37.5 Å². The third-order valence-electron chi connectivity index (χ3n) is 4.49. The second-order valence-corrected chi connectivity index (χ2v) is 8.25. The van der Waals surface area contributed by atoms with Gasteiger partial charge in [-0.25, -0.2) is 4.98 Å². The van der Waals surface area contributed by atoms with Gasteiger partial charge in [0.25, 0.3) is 0 Å². The van der Waals surface area contributed by atoms with Crippen LogP contribution in [-0.4, -0.2) is 36.4 Å². The van der Waals surface area contributed by atoms with Crippen molar-refractivity contribution >= 4 is 16.5 Å². The van der Waals surface area contributed by atoms with E-state index >= 15 is 0 Å². The van der Waals surface area contributed by atoms with Crippen LogP contribution in [0.5, 0.6) is 0 Å². The molecule has 21 heavy (non-hydrogen) atoms. The summed E-state index contributed by atoms with van der Waals surface area (Å²) in [6, 6.07) is 0. The molecule has 0 aromatic carbocycles. The highest BCUT2D eigenvalue weighted by Crippen LogP contribution is 2.44. The number of ether oxygens (including phenoxy) is 1. The van der Waals surface area contributed by atoms with Gasteiger partial charge in [0.2, 0.25) is 0 Å². The summed E-state index contributed by atoms with van der Waals surface area (Å²) in [7, 11) is 2.08. The van der Waals surface area contributed by atoms with Crippen LogP contribution in [0, 0.1) is 5.41 Å². The fourth-order valence-corrected chi connectivity index (χ4v) is 4.42. The molecule has 5 heteroatoms. The van der Waals surface area contributed by atoms with Gasteiger partial charge in [-0.15, -0.1) is 0 Å². The molecule has 3 rings (SSSR count). The average molecular weight is 310 g/mol. The smallest absolute Gasteiger partial charge is 0.185 e. The van der Waals surface area contributed by atoms with Crippen molar-refractivity contribution in [2.45, 2.75) is 58.2 Å². The molecule has 2 heterocycles. The lowest BCUT2D eigenvalue weighted by molar-refractivity contribution is 0.0216. The molecule has 2 aliphatic rings. The zero-order chi connectivity index (χ0) is 15.0. The molecule has 0 radical (unpaired) electrons. The van der Waals surface area contributed by atoms with Crippen LogP contribution >= 0.6 is 11.3 Å². The highest BCUT2D eigenvalue weighted by Gasteiger charge is 2.34. The maximum absolute atomic E-state index is 10.3. The molecule has 1 aromatic rings. The Kier molecular flexibility index (Phi) is 4.26. The second-order valence-electron chi connectivity index (χ2n) is 7.24. The summed E-state index contributed by atoms with van der Waals surface area (Å²) < 4.78 is 5.81. The molecule has 1 aromatic heterocycles. The van der Waals surface area contributed by atoms with Crippen LogP contribution in [0.1, 0.15) is 56.2 Å². The molecule has 1 aliphatic heterocycles. The maximum atomic E-state index is 10.3. The van der Waals surface area contributed by atoms with Gasteiger partial charge in [0, 0.05) is 20.2 Å². The normalized spacial score (nSPS) is 28.2. The zero-order valence-electron chi connectivity index (χ0n) is 13.3. The Hall–Kier alpha value is -0.650. The summed E-state index contributed by atoms with van der Waals surface area (Å²) in [6.45, 7) is 6.20. The van der Waals surface area contributed by atoms with Gasteiger partial charge in [-0.2, -0.15) is 0 Å². The van der Waals surface area contributed by atoms with Gasteiger partial charge < -0.3 is 14.7 Å². The monoisotopic (exact) mass is 310 g/mol. The third kappa shape index (κ3) is 3.41. The molecule has 1 fully saturated rings. The first-order valence-corrected chi connectivity index (χ1v) is 8.77. The van der Waals surface area contributed by atoms with Crippen LogP contribution < -0.4 is 4.90 Å². The van der Waals surface area contributed by atoms with Crippen LogP contribution in [0.3, 0.4) is 0 Å². The molecule has 1 N–H and O–H groups in total. The number of hydrogen-bond acceptors (Lipinski definition) is 5. The molecule has 4 nitrogen and oxygen atoms in total. The standard InChI is InChI=1S/C16H26N2O2S/c1-16(2)8-12-14(13(19)9-16)21-15(17-12)18(3)10-11-6-4-5-7-20-11/h11,13,19H,4-10H2,1-3H3. The fourth-order valence-electron chi connectivity index (χ4n) is 3.38. The number of likely N-dealkylation sites (N-methyl/N-ethyl adjacent to an activating group) is 1. The Bertz CT molecular complexity index is 494. The average Bonchev–Trinajstić information content (AvgIpc) is 2.82. The Labute approximate surface area is 131 Å². The van der Waals surface area contributed by atoms with Gasteiger partial charge in [0.15, 0.2) is 5.13 Å². The summed E-state index contributed by atoms with van der Waals surface area (Å²) in [5.74, 6) is 0. The summed E-state index contributed by atoms with van der Waals surface area (Å²) in [6.07, 6.45) is 5.36. The molecule has 0 spiro atoms. The minimum absolute atomic E-state index is 0.142. The fraction of sp³-hybridized carbons (Fsp3) is 0.812. The molecule has 0 amide bonds. The molecule has 1 aliphatic carbocycles. The first kappa shape index (κ1) is 15.3. The molecular weight excluding hydrogens is 284 g/mol. The van der Waals surface area contributed by atoms with E-state index in [1.807, 2.05) is 0 Å². The maximum Gasteiger partial charge on any atom is 0.185 e. The Morgan fingerprint density at radius 1 is 1.43 bits per heavy atom. The van der Waals surface area contributed by atoms with Crippen LogP contribution in [0.15, 0.2) is 0 Å². The van der Waals surface area contributed by atoms with E-state index in [9.17, 15) is 5.11 Å². The van der Waals surface area contributed by atoms with E-state index in [0.29, 0.717) is 6.10 Å². The van der Waals surface area contributed by atoms with Crippen molar-refractivity contribution in [2.75, 3.05) is 25.1 Å². The lowest BCUT2D eigenvalue weighted by Crippen LogP contribution is -2.33. The van der Waals surface area contributed by atoms with Crippen molar-refractivity contribution in [1.29, 1.82) is 0 Å². The number of rotatable bonds is 3. The topological polar surface area (TPSA) is 45.6 Å². The highest BCUT2D eigenvalue weighted by atomic mass is 32.1. The Morgan fingerprint density at radius 2 is 2.24 bits per heavy atom. The molecule has 1 saturated heterocycles. The Balaban J connectivity index is 1.71. The SMILES string of the molecule is CN(CC1CCCCO1)c1nc2c(s1)C(O)CC(C)(C)C2. The first-order chi connectivity index (χ1) is 9.94. The number of hydrogen-bond donors (Lipinski definition) is 1. The van der Waals surface area contributed by atoms with Gasteiger partial charge in [0.1, 0.15) is 0 Å². The number of fused-ring (bicyclic) bond motifs is 1. The van der Waals surface area contributed by atoms with E-state index in [1.54, 1.807) is 11.3 Å². The van der Waals surface area contributed by atoms with E-state index in [2.05, 4.69) is 25.8 Å². The molecule has 0 saturated carbocycles. The molecule has 118 valence electrons. The van der Waals surface area contributed by atoms with E-state index in [4.69, 9.17) is 9.72 Å². The minimum atomic E-state index is -0.352.